The molecule has 0 saturated carbocycles. The Morgan fingerprint density at radius 3 is 2.62 bits per heavy atom. The van der Waals surface area contributed by atoms with Crippen molar-refractivity contribution in [3.05, 3.63) is 17.7 Å². The second kappa shape index (κ2) is 3.22. The van der Waals surface area contributed by atoms with Crippen molar-refractivity contribution in [2.45, 2.75) is 0 Å². The first kappa shape index (κ1) is 9.18. The first-order valence-corrected chi connectivity index (χ1v) is 3.38. The summed E-state index contributed by atoms with van der Waals surface area (Å²) in [5.74, 6) is -3.02. The summed E-state index contributed by atoms with van der Waals surface area (Å²) in [6.45, 7) is 0. The lowest BCUT2D eigenvalue weighted by Gasteiger charge is -2.14. The molecule has 0 aliphatic carbocycles. The fourth-order valence-electron chi connectivity index (χ4n) is 0.926. The maximum absolute atomic E-state index is 11.1. The molecule has 1 rings (SSSR count). The van der Waals surface area contributed by atoms with E-state index in [-0.39, 0.29) is 5.75 Å². The van der Waals surface area contributed by atoms with E-state index in [9.17, 15) is 9.90 Å². The minimum Gasteiger partial charge on any atom is -0.869 e. The Hall–Kier alpha value is -1.91. The van der Waals surface area contributed by atoms with Crippen molar-refractivity contribution in [3.63, 3.8) is 0 Å². The van der Waals surface area contributed by atoms with Gasteiger partial charge in [-0.25, -0.2) is 4.79 Å². The zero-order valence-electron chi connectivity index (χ0n) is 6.77. The number of hydrogen-bond donors (Lipinski definition) is 2. The van der Waals surface area contributed by atoms with E-state index in [0.717, 1.165) is 6.07 Å². The third-order valence-corrected chi connectivity index (χ3v) is 1.53. The second-order valence-corrected chi connectivity index (χ2v) is 2.30. The first-order chi connectivity index (χ1) is 6.07. The Balaban J connectivity index is 3.41. The van der Waals surface area contributed by atoms with E-state index >= 15 is 0 Å². The lowest BCUT2D eigenvalue weighted by molar-refractivity contribution is -0.270. The largest absolute Gasteiger partial charge is 0.869 e. The SMILES string of the molecule is COc1ccc(O)c([O-])c1C(=O)O. The van der Waals surface area contributed by atoms with Crippen molar-refractivity contribution in [1.29, 1.82) is 0 Å². The number of carbonyl (C=O) groups is 1. The summed E-state index contributed by atoms with van der Waals surface area (Å²) >= 11 is 0. The number of carboxylic acids is 1. The summed E-state index contributed by atoms with van der Waals surface area (Å²) in [5.41, 5.74) is -0.553. The van der Waals surface area contributed by atoms with Gasteiger partial charge in [0, 0.05) is 0 Å². The van der Waals surface area contributed by atoms with Crippen LogP contribution in [-0.2, 0) is 0 Å². The first-order valence-electron chi connectivity index (χ1n) is 3.38. The molecule has 0 aliphatic rings. The molecule has 0 unspecified atom stereocenters. The Bertz CT molecular complexity index is 345. The molecule has 0 aliphatic heterocycles. The van der Waals surface area contributed by atoms with Crippen LogP contribution in [0.25, 0.3) is 0 Å². The van der Waals surface area contributed by atoms with E-state index in [1.54, 1.807) is 0 Å². The molecule has 0 amide bonds. The van der Waals surface area contributed by atoms with Crippen LogP contribution in [0.2, 0.25) is 0 Å². The van der Waals surface area contributed by atoms with Crippen molar-refractivity contribution >= 4 is 5.97 Å². The van der Waals surface area contributed by atoms with E-state index in [4.69, 9.17) is 10.2 Å². The molecule has 5 heteroatoms. The number of methoxy groups -OCH3 is 1. The number of carboxylic acid groups (broad SMARTS) is 1. The van der Waals surface area contributed by atoms with E-state index < -0.39 is 23.0 Å². The standard InChI is InChI=1S/C8H8O5/c1-13-5-3-2-4(9)7(10)6(5)8(11)12/h2-3,9-10H,1H3,(H,11,12)/p-1. The molecule has 0 saturated heterocycles. The van der Waals surface area contributed by atoms with Crippen molar-refractivity contribution in [1.82, 2.24) is 0 Å². The van der Waals surface area contributed by atoms with Gasteiger partial charge in [0.1, 0.15) is 11.5 Å². The van der Waals surface area contributed by atoms with Gasteiger partial charge in [-0.3, -0.25) is 0 Å². The number of ether oxygens (including phenoxy) is 1. The van der Waals surface area contributed by atoms with Gasteiger partial charge in [-0.2, -0.15) is 0 Å². The zero-order chi connectivity index (χ0) is 10.0. The molecule has 0 heterocycles. The average molecular weight is 183 g/mol. The Labute approximate surface area is 73.8 Å². The molecule has 1 aromatic carbocycles. The second-order valence-electron chi connectivity index (χ2n) is 2.30. The van der Waals surface area contributed by atoms with E-state index in [2.05, 4.69) is 4.74 Å². The van der Waals surface area contributed by atoms with Gasteiger partial charge in [0.05, 0.1) is 12.7 Å². The molecular weight excluding hydrogens is 176 g/mol. The Morgan fingerprint density at radius 2 is 2.15 bits per heavy atom. The van der Waals surface area contributed by atoms with Gasteiger partial charge < -0.3 is 20.1 Å². The molecule has 0 radical (unpaired) electrons. The van der Waals surface area contributed by atoms with Crippen LogP contribution < -0.4 is 9.84 Å². The maximum Gasteiger partial charge on any atom is 0.338 e. The van der Waals surface area contributed by atoms with Crippen LogP contribution in [-0.4, -0.2) is 23.3 Å². The summed E-state index contributed by atoms with van der Waals surface area (Å²) in [7, 11) is 1.25. The van der Waals surface area contributed by atoms with Crippen molar-refractivity contribution < 1.29 is 24.9 Å². The topological polar surface area (TPSA) is 89.8 Å². The third kappa shape index (κ3) is 1.48. The molecule has 0 atom stereocenters. The molecule has 0 aromatic heterocycles. The summed E-state index contributed by atoms with van der Waals surface area (Å²) in [6, 6.07) is 2.31. The Kier molecular flexibility index (Phi) is 2.27. The highest BCUT2D eigenvalue weighted by Crippen LogP contribution is 2.32. The number of phenolic OH excluding ortho intramolecular Hbond substituents is 1. The van der Waals surface area contributed by atoms with Crippen LogP contribution in [0.5, 0.6) is 17.2 Å². The molecule has 0 spiro atoms. The van der Waals surface area contributed by atoms with Crippen molar-refractivity contribution in [2.24, 2.45) is 0 Å². The Morgan fingerprint density at radius 1 is 1.54 bits per heavy atom. The number of rotatable bonds is 2. The van der Waals surface area contributed by atoms with Gasteiger partial charge in [0.25, 0.3) is 0 Å². The van der Waals surface area contributed by atoms with Crippen LogP contribution >= 0.6 is 0 Å². The number of aromatic carboxylic acids is 1. The van der Waals surface area contributed by atoms with Crippen LogP contribution in [0, 0.1) is 0 Å². The quantitative estimate of drug-likeness (QED) is 0.682. The lowest BCUT2D eigenvalue weighted by atomic mass is 10.1. The number of aromatic hydroxyl groups is 1. The van der Waals surface area contributed by atoms with Crippen LogP contribution in [0.3, 0.4) is 0 Å². The molecule has 70 valence electrons. The number of hydrogen-bond acceptors (Lipinski definition) is 4. The predicted octanol–water partition coefficient (Wildman–Crippen LogP) is 0.173. The summed E-state index contributed by atoms with van der Waals surface area (Å²) < 4.78 is 4.65. The highest BCUT2D eigenvalue weighted by Gasteiger charge is 2.13. The highest BCUT2D eigenvalue weighted by atomic mass is 16.5. The fourth-order valence-corrected chi connectivity index (χ4v) is 0.926. The molecule has 1 aromatic rings. The van der Waals surface area contributed by atoms with E-state index in [0.29, 0.717) is 0 Å². The van der Waals surface area contributed by atoms with Crippen LogP contribution in [0.15, 0.2) is 12.1 Å². The predicted molar refractivity (Wildman–Crippen MR) is 41.1 cm³/mol. The normalized spacial score (nSPS) is 9.62. The smallest absolute Gasteiger partial charge is 0.338 e. The van der Waals surface area contributed by atoms with Gasteiger partial charge in [-0.05, 0) is 17.9 Å². The maximum atomic E-state index is 11.1. The summed E-state index contributed by atoms with van der Waals surface area (Å²) in [5, 5.41) is 28.6. The number of benzene rings is 1. The average Bonchev–Trinajstić information content (AvgIpc) is 2.08. The monoisotopic (exact) mass is 183 g/mol. The lowest BCUT2D eigenvalue weighted by Crippen LogP contribution is -2.06. The fraction of sp³-hybridized carbons (Fsp3) is 0.125. The zero-order valence-corrected chi connectivity index (χ0v) is 6.77. The summed E-state index contributed by atoms with van der Waals surface area (Å²) in [6.07, 6.45) is 0. The van der Waals surface area contributed by atoms with Gasteiger partial charge in [0.2, 0.25) is 0 Å². The molecule has 5 nitrogen and oxygen atoms in total. The molecule has 0 fully saturated rings. The van der Waals surface area contributed by atoms with E-state index in [1.807, 2.05) is 0 Å². The van der Waals surface area contributed by atoms with Crippen molar-refractivity contribution in [2.75, 3.05) is 7.11 Å². The van der Waals surface area contributed by atoms with Gasteiger partial charge in [0.15, 0.2) is 0 Å². The molecular formula is C8H7O5-. The molecule has 2 N–H and O–H groups in total. The van der Waals surface area contributed by atoms with Crippen LogP contribution in [0.4, 0.5) is 0 Å². The molecule has 13 heavy (non-hydrogen) atoms. The third-order valence-electron chi connectivity index (χ3n) is 1.53. The van der Waals surface area contributed by atoms with Crippen molar-refractivity contribution in [3.8, 4) is 17.2 Å². The molecule has 0 bridgehead atoms. The minimum atomic E-state index is -1.42. The van der Waals surface area contributed by atoms with Gasteiger partial charge in [-0.15, -0.1) is 0 Å². The van der Waals surface area contributed by atoms with Gasteiger partial charge in [-0.1, -0.05) is 0 Å². The summed E-state index contributed by atoms with van der Waals surface area (Å²) in [4.78, 5) is 10.6. The van der Waals surface area contributed by atoms with E-state index in [1.165, 1.54) is 13.2 Å². The number of phenols is 1. The van der Waals surface area contributed by atoms with Crippen LogP contribution in [0.1, 0.15) is 10.4 Å². The highest BCUT2D eigenvalue weighted by molar-refractivity contribution is 5.94. The minimum absolute atomic E-state index is 0.0599. The van der Waals surface area contributed by atoms with Gasteiger partial charge >= 0.3 is 5.97 Å².